The molecule has 2 aromatic heterocycles. The summed E-state index contributed by atoms with van der Waals surface area (Å²) < 4.78 is 0. The Balaban J connectivity index is 1.67. The van der Waals surface area contributed by atoms with Gasteiger partial charge in [-0.05, 0) is 30.7 Å². The van der Waals surface area contributed by atoms with Gasteiger partial charge in [0, 0.05) is 25.2 Å². The Morgan fingerprint density at radius 2 is 1.29 bits per heavy atom. The predicted octanol–water partition coefficient (Wildman–Crippen LogP) is 2.22. The molecule has 0 spiro atoms. The molecule has 2 rings (SSSR count). The smallest absolute Gasteiger partial charge is 0.225 e. The van der Waals surface area contributed by atoms with Crippen LogP contribution in [0.5, 0.6) is 0 Å². The standard InChI is InChI=1S/C15H16N4O2/c20-14(18-12-6-1-3-10-16-12)8-5-9-15(21)19-13-7-2-4-11-17-13/h1-4,6-7,10-11H,5,8-9H2,(H,16,18,20)(H,17,19,21). The van der Waals surface area contributed by atoms with Crippen molar-refractivity contribution in [3.8, 4) is 0 Å². The molecule has 21 heavy (non-hydrogen) atoms. The highest BCUT2D eigenvalue weighted by atomic mass is 16.2. The molecule has 108 valence electrons. The number of nitrogens with one attached hydrogen (secondary N) is 2. The van der Waals surface area contributed by atoms with E-state index >= 15 is 0 Å². The van der Waals surface area contributed by atoms with Crippen LogP contribution < -0.4 is 10.6 Å². The van der Waals surface area contributed by atoms with Crippen LogP contribution >= 0.6 is 0 Å². The van der Waals surface area contributed by atoms with Crippen molar-refractivity contribution in [1.29, 1.82) is 0 Å². The quantitative estimate of drug-likeness (QED) is 0.852. The van der Waals surface area contributed by atoms with Crippen molar-refractivity contribution in [2.75, 3.05) is 10.6 Å². The molecule has 0 aromatic carbocycles. The van der Waals surface area contributed by atoms with Crippen molar-refractivity contribution in [3.05, 3.63) is 48.8 Å². The molecule has 0 saturated heterocycles. The number of carbonyl (C=O) groups is 2. The maximum absolute atomic E-state index is 11.7. The lowest BCUT2D eigenvalue weighted by Crippen LogP contribution is -2.15. The van der Waals surface area contributed by atoms with Crippen LogP contribution in [0, 0.1) is 0 Å². The summed E-state index contributed by atoms with van der Waals surface area (Å²) in [6.07, 6.45) is 4.22. The molecule has 2 N–H and O–H groups in total. The van der Waals surface area contributed by atoms with Gasteiger partial charge in [0.25, 0.3) is 0 Å². The lowest BCUT2D eigenvalue weighted by atomic mass is 10.2. The summed E-state index contributed by atoms with van der Waals surface area (Å²) in [6.45, 7) is 0. The zero-order valence-corrected chi connectivity index (χ0v) is 11.5. The normalized spacial score (nSPS) is 9.90. The van der Waals surface area contributed by atoms with Crippen molar-refractivity contribution < 1.29 is 9.59 Å². The lowest BCUT2D eigenvalue weighted by molar-refractivity contribution is -0.117. The molecule has 2 heterocycles. The first-order valence-electron chi connectivity index (χ1n) is 6.66. The number of rotatable bonds is 6. The minimum absolute atomic E-state index is 0.153. The van der Waals surface area contributed by atoms with Crippen molar-refractivity contribution in [2.45, 2.75) is 19.3 Å². The highest BCUT2D eigenvalue weighted by Gasteiger charge is 2.06. The van der Waals surface area contributed by atoms with E-state index in [2.05, 4.69) is 20.6 Å². The van der Waals surface area contributed by atoms with E-state index in [1.165, 1.54) is 0 Å². The van der Waals surface area contributed by atoms with Gasteiger partial charge in [0.15, 0.2) is 0 Å². The largest absolute Gasteiger partial charge is 0.311 e. The lowest BCUT2D eigenvalue weighted by Gasteiger charge is -2.05. The fourth-order valence-corrected chi connectivity index (χ4v) is 1.69. The van der Waals surface area contributed by atoms with Crippen molar-refractivity contribution in [2.24, 2.45) is 0 Å². The third kappa shape index (κ3) is 5.40. The number of hydrogen-bond donors (Lipinski definition) is 2. The maximum atomic E-state index is 11.7. The second-order valence-electron chi connectivity index (χ2n) is 4.38. The number of amides is 2. The summed E-state index contributed by atoms with van der Waals surface area (Å²) in [7, 11) is 0. The summed E-state index contributed by atoms with van der Waals surface area (Å²) in [6, 6.07) is 10.6. The third-order valence-electron chi connectivity index (χ3n) is 2.67. The molecule has 0 radical (unpaired) electrons. The molecule has 2 amide bonds. The maximum Gasteiger partial charge on any atom is 0.225 e. The van der Waals surface area contributed by atoms with Crippen LogP contribution in [-0.2, 0) is 9.59 Å². The summed E-state index contributed by atoms with van der Waals surface area (Å²) >= 11 is 0. The first-order valence-corrected chi connectivity index (χ1v) is 6.66. The summed E-state index contributed by atoms with van der Waals surface area (Å²) in [4.78, 5) is 31.3. The molecule has 0 aliphatic rings. The van der Waals surface area contributed by atoms with Crippen LogP contribution in [0.1, 0.15) is 19.3 Å². The monoisotopic (exact) mass is 284 g/mol. The molecule has 0 bridgehead atoms. The van der Waals surface area contributed by atoms with Gasteiger partial charge in [0.05, 0.1) is 0 Å². The molecule has 2 aromatic rings. The van der Waals surface area contributed by atoms with E-state index in [0.717, 1.165) is 0 Å². The first kappa shape index (κ1) is 14.6. The van der Waals surface area contributed by atoms with Crippen molar-refractivity contribution in [3.63, 3.8) is 0 Å². The number of hydrogen-bond acceptors (Lipinski definition) is 4. The Hall–Kier alpha value is -2.76. The van der Waals surface area contributed by atoms with Gasteiger partial charge in [0.1, 0.15) is 11.6 Å². The summed E-state index contributed by atoms with van der Waals surface area (Å²) in [5.41, 5.74) is 0. The highest BCUT2D eigenvalue weighted by Crippen LogP contribution is 2.05. The second kappa shape index (κ2) is 7.74. The highest BCUT2D eigenvalue weighted by molar-refractivity contribution is 5.92. The zero-order chi connectivity index (χ0) is 14.9. The van der Waals surface area contributed by atoms with E-state index in [1.54, 1.807) is 48.8 Å². The van der Waals surface area contributed by atoms with E-state index in [1.807, 2.05) is 0 Å². The molecule has 0 aliphatic carbocycles. The molecule has 6 heteroatoms. The van der Waals surface area contributed by atoms with Crippen LogP contribution in [0.25, 0.3) is 0 Å². The molecule has 6 nitrogen and oxygen atoms in total. The SMILES string of the molecule is O=C(CCCC(=O)Nc1ccccn1)Nc1ccccn1. The number of carbonyl (C=O) groups excluding carboxylic acids is 2. The predicted molar refractivity (Wildman–Crippen MR) is 79.6 cm³/mol. The van der Waals surface area contributed by atoms with Crippen molar-refractivity contribution in [1.82, 2.24) is 9.97 Å². The fraction of sp³-hybridized carbons (Fsp3) is 0.200. The van der Waals surface area contributed by atoms with Gasteiger partial charge in [-0.1, -0.05) is 12.1 Å². The van der Waals surface area contributed by atoms with Gasteiger partial charge in [-0.15, -0.1) is 0 Å². The van der Waals surface area contributed by atoms with Crippen LogP contribution in [0.3, 0.4) is 0 Å². The summed E-state index contributed by atoms with van der Waals surface area (Å²) in [5.74, 6) is 0.722. The van der Waals surface area contributed by atoms with Crippen LogP contribution in [0.15, 0.2) is 48.8 Å². The number of pyridine rings is 2. The van der Waals surface area contributed by atoms with Gasteiger partial charge in [-0.25, -0.2) is 9.97 Å². The van der Waals surface area contributed by atoms with E-state index in [4.69, 9.17) is 0 Å². The van der Waals surface area contributed by atoms with Gasteiger partial charge in [-0.3, -0.25) is 9.59 Å². The molecule has 0 unspecified atom stereocenters. The van der Waals surface area contributed by atoms with Gasteiger partial charge in [0.2, 0.25) is 11.8 Å². The van der Waals surface area contributed by atoms with E-state index in [9.17, 15) is 9.59 Å². The molecule has 0 aliphatic heterocycles. The average Bonchev–Trinajstić information content (AvgIpc) is 2.49. The Morgan fingerprint density at radius 1 is 0.810 bits per heavy atom. The Kier molecular flexibility index (Phi) is 5.40. The minimum Gasteiger partial charge on any atom is -0.311 e. The zero-order valence-electron chi connectivity index (χ0n) is 11.5. The second-order valence-corrected chi connectivity index (χ2v) is 4.38. The van der Waals surface area contributed by atoms with E-state index < -0.39 is 0 Å². The molecule has 0 saturated carbocycles. The van der Waals surface area contributed by atoms with Gasteiger partial charge < -0.3 is 10.6 Å². The Bertz CT molecular complexity index is 534. The third-order valence-corrected chi connectivity index (χ3v) is 2.67. The van der Waals surface area contributed by atoms with Gasteiger partial charge in [-0.2, -0.15) is 0 Å². The molecule has 0 fully saturated rings. The number of anilines is 2. The van der Waals surface area contributed by atoms with Crippen LogP contribution in [0.4, 0.5) is 11.6 Å². The Labute approximate surface area is 122 Å². The first-order chi connectivity index (χ1) is 10.2. The van der Waals surface area contributed by atoms with Crippen molar-refractivity contribution >= 4 is 23.5 Å². The number of aromatic nitrogens is 2. The molecular formula is C15H16N4O2. The van der Waals surface area contributed by atoms with Crippen LogP contribution in [-0.4, -0.2) is 21.8 Å². The van der Waals surface area contributed by atoms with E-state index in [-0.39, 0.29) is 24.7 Å². The fourth-order valence-electron chi connectivity index (χ4n) is 1.69. The minimum atomic E-state index is -0.153. The average molecular weight is 284 g/mol. The topological polar surface area (TPSA) is 84.0 Å². The van der Waals surface area contributed by atoms with Crippen LogP contribution in [0.2, 0.25) is 0 Å². The summed E-state index contributed by atoms with van der Waals surface area (Å²) in [5, 5.41) is 5.34. The molecule has 0 atom stereocenters. The molecular weight excluding hydrogens is 268 g/mol. The van der Waals surface area contributed by atoms with E-state index in [0.29, 0.717) is 18.1 Å². The number of nitrogens with zero attached hydrogens (tertiary/aromatic N) is 2. The van der Waals surface area contributed by atoms with Gasteiger partial charge >= 0.3 is 0 Å². The Morgan fingerprint density at radius 3 is 1.67 bits per heavy atom.